The lowest BCUT2D eigenvalue weighted by Crippen LogP contribution is -2.30. The van der Waals surface area contributed by atoms with Crippen molar-refractivity contribution in [1.29, 1.82) is 0 Å². The normalized spacial score (nSPS) is 22.3. The van der Waals surface area contributed by atoms with Crippen molar-refractivity contribution in [1.82, 2.24) is 4.72 Å². The average Bonchev–Trinajstić information content (AvgIpc) is 3.06. The molecule has 0 bridgehead atoms. The first-order chi connectivity index (χ1) is 8.78. The summed E-state index contributed by atoms with van der Waals surface area (Å²) in [5.41, 5.74) is 2.37. The zero-order valence-corrected chi connectivity index (χ0v) is 12.2. The number of sulfonamides is 1. The number of carbonyl (C=O) groups excluding carboxylic acids is 1. The van der Waals surface area contributed by atoms with Crippen molar-refractivity contribution in [2.24, 2.45) is 5.92 Å². The minimum absolute atomic E-state index is 0.156. The Morgan fingerprint density at radius 3 is 2.32 bits per heavy atom. The summed E-state index contributed by atoms with van der Waals surface area (Å²) in [5, 5.41) is 0. The number of benzene rings is 1. The summed E-state index contributed by atoms with van der Waals surface area (Å²) in [4.78, 5) is 11.7. The molecule has 1 saturated carbocycles. The number of nitrogens with one attached hydrogen (secondary N) is 1. The van der Waals surface area contributed by atoms with Gasteiger partial charge >= 0.3 is 0 Å². The fourth-order valence-electron chi connectivity index (χ4n) is 2.24. The van der Waals surface area contributed by atoms with Crippen LogP contribution >= 0.6 is 0 Å². The van der Waals surface area contributed by atoms with Gasteiger partial charge in [-0.1, -0.05) is 38.1 Å². The average molecular weight is 281 g/mol. The predicted octanol–water partition coefficient (Wildman–Crippen LogP) is 1.99. The molecule has 0 saturated heterocycles. The van der Waals surface area contributed by atoms with Crippen LogP contribution in [0.1, 0.15) is 43.2 Å². The monoisotopic (exact) mass is 281 g/mol. The van der Waals surface area contributed by atoms with E-state index in [0.29, 0.717) is 5.92 Å². The lowest BCUT2D eigenvalue weighted by Gasteiger charge is -2.07. The van der Waals surface area contributed by atoms with Crippen LogP contribution in [0.3, 0.4) is 0 Å². The largest absolute Gasteiger partial charge is 0.274 e. The fraction of sp³-hybridized carbons (Fsp3) is 0.500. The van der Waals surface area contributed by atoms with Gasteiger partial charge in [-0.25, -0.2) is 8.42 Å². The third-order valence-corrected chi connectivity index (χ3v) is 4.02. The van der Waals surface area contributed by atoms with Crippen LogP contribution in [-0.2, 0) is 14.8 Å². The molecule has 2 atom stereocenters. The second-order valence-corrected chi connectivity index (χ2v) is 7.26. The Morgan fingerprint density at radius 1 is 1.26 bits per heavy atom. The molecule has 1 aromatic carbocycles. The summed E-state index contributed by atoms with van der Waals surface area (Å²) in [6, 6.07) is 8.22. The van der Waals surface area contributed by atoms with Crippen molar-refractivity contribution < 1.29 is 13.2 Å². The molecule has 5 heteroatoms. The highest BCUT2D eigenvalue weighted by Crippen LogP contribution is 2.47. The van der Waals surface area contributed by atoms with E-state index in [-0.39, 0.29) is 17.7 Å². The highest BCUT2D eigenvalue weighted by atomic mass is 32.2. The van der Waals surface area contributed by atoms with Gasteiger partial charge in [0.15, 0.2) is 0 Å². The topological polar surface area (TPSA) is 63.2 Å². The molecule has 1 N–H and O–H groups in total. The van der Waals surface area contributed by atoms with Gasteiger partial charge in [0, 0.05) is 5.92 Å². The molecule has 104 valence electrons. The highest BCUT2D eigenvalue weighted by molar-refractivity contribution is 7.89. The van der Waals surface area contributed by atoms with Gasteiger partial charge in [0.05, 0.1) is 6.26 Å². The van der Waals surface area contributed by atoms with Gasteiger partial charge in [0.1, 0.15) is 0 Å². The fourth-order valence-corrected chi connectivity index (χ4v) is 2.76. The molecule has 1 aliphatic carbocycles. The maximum absolute atomic E-state index is 11.7. The number of carbonyl (C=O) groups is 1. The summed E-state index contributed by atoms with van der Waals surface area (Å²) in [7, 11) is -3.45. The van der Waals surface area contributed by atoms with Gasteiger partial charge in [-0.15, -0.1) is 0 Å². The second-order valence-electron chi connectivity index (χ2n) is 5.51. The molecule has 1 aliphatic rings. The lowest BCUT2D eigenvalue weighted by atomic mass is 10.00. The van der Waals surface area contributed by atoms with Crippen molar-refractivity contribution in [3.05, 3.63) is 35.4 Å². The van der Waals surface area contributed by atoms with E-state index >= 15 is 0 Å². The van der Waals surface area contributed by atoms with Gasteiger partial charge in [-0.3, -0.25) is 9.52 Å². The van der Waals surface area contributed by atoms with Crippen LogP contribution in [0.4, 0.5) is 0 Å². The van der Waals surface area contributed by atoms with Crippen molar-refractivity contribution in [3.63, 3.8) is 0 Å². The number of amides is 1. The van der Waals surface area contributed by atoms with Crippen molar-refractivity contribution in [3.8, 4) is 0 Å². The van der Waals surface area contributed by atoms with E-state index in [4.69, 9.17) is 0 Å². The third-order valence-electron chi connectivity index (χ3n) is 3.44. The molecule has 2 rings (SSSR count). The van der Waals surface area contributed by atoms with Crippen LogP contribution in [0.2, 0.25) is 0 Å². The third kappa shape index (κ3) is 3.56. The summed E-state index contributed by atoms with van der Waals surface area (Å²) in [6.45, 7) is 4.27. The zero-order chi connectivity index (χ0) is 14.2. The molecule has 0 aromatic heterocycles. The molecule has 1 aromatic rings. The molecular weight excluding hydrogens is 262 g/mol. The second kappa shape index (κ2) is 4.96. The minimum Gasteiger partial charge on any atom is -0.274 e. The van der Waals surface area contributed by atoms with E-state index in [2.05, 4.69) is 26.0 Å². The molecule has 2 unspecified atom stereocenters. The van der Waals surface area contributed by atoms with Gasteiger partial charge in [-0.2, -0.15) is 0 Å². The Labute approximate surface area is 114 Å². The van der Waals surface area contributed by atoms with E-state index < -0.39 is 10.0 Å². The predicted molar refractivity (Wildman–Crippen MR) is 74.4 cm³/mol. The van der Waals surface area contributed by atoms with Crippen LogP contribution in [0.15, 0.2) is 24.3 Å². The zero-order valence-electron chi connectivity index (χ0n) is 11.4. The Hall–Kier alpha value is -1.36. The van der Waals surface area contributed by atoms with Gasteiger partial charge in [0.25, 0.3) is 0 Å². The maximum Gasteiger partial charge on any atom is 0.237 e. The first kappa shape index (κ1) is 14.1. The van der Waals surface area contributed by atoms with Crippen LogP contribution < -0.4 is 4.72 Å². The Bertz CT molecular complexity index is 575. The Morgan fingerprint density at radius 2 is 1.84 bits per heavy atom. The molecular formula is C14H19NO3S. The van der Waals surface area contributed by atoms with E-state index in [0.717, 1.165) is 18.2 Å². The number of rotatable bonds is 4. The van der Waals surface area contributed by atoms with Crippen molar-refractivity contribution in [2.75, 3.05) is 6.26 Å². The van der Waals surface area contributed by atoms with E-state index in [1.54, 1.807) is 0 Å². The number of hydrogen-bond donors (Lipinski definition) is 1. The molecule has 1 fully saturated rings. The minimum atomic E-state index is -3.45. The SMILES string of the molecule is CC(C)c1ccc(C2CC2C(=O)NS(C)(=O)=O)cc1. The van der Waals surface area contributed by atoms with Crippen LogP contribution in [-0.4, -0.2) is 20.6 Å². The maximum atomic E-state index is 11.7. The number of hydrogen-bond acceptors (Lipinski definition) is 3. The first-order valence-electron chi connectivity index (χ1n) is 6.39. The smallest absolute Gasteiger partial charge is 0.237 e. The lowest BCUT2D eigenvalue weighted by molar-refractivity contribution is -0.120. The van der Waals surface area contributed by atoms with E-state index in [9.17, 15) is 13.2 Å². The molecule has 19 heavy (non-hydrogen) atoms. The standard InChI is InChI=1S/C14H19NO3S/c1-9(2)10-4-6-11(7-5-10)12-8-13(12)14(16)15-19(3,17)18/h4-7,9,12-13H,8H2,1-3H3,(H,15,16). The van der Waals surface area contributed by atoms with Crippen LogP contribution in [0.25, 0.3) is 0 Å². The summed E-state index contributed by atoms with van der Waals surface area (Å²) in [6.07, 6.45) is 1.72. The molecule has 0 aliphatic heterocycles. The quantitative estimate of drug-likeness (QED) is 0.918. The first-order valence-corrected chi connectivity index (χ1v) is 8.28. The van der Waals surface area contributed by atoms with Crippen molar-refractivity contribution in [2.45, 2.75) is 32.1 Å². The summed E-state index contributed by atoms with van der Waals surface area (Å²) in [5.74, 6) is 0.0422. The van der Waals surface area contributed by atoms with E-state index in [1.165, 1.54) is 5.56 Å². The highest BCUT2D eigenvalue weighted by Gasteiger charge is 2.44. The van der Waals surface area contributed by atoms with Crippen molar-refractivity contribution >= 4 is 15.9 Å². The summed E-state index contributed by atoms with van der Waals surface area (Å²) < 4.78 is 24.1. The molecule has 4 nitrogen and oxygen atoms in total. The molecule has 0 spiro atoms. The molecule has 1 amide bonds. The Kier molecular flexibility index (Phi) is 3.67. The van der Waals surface area contributed by atoms with Gasteiger partial charge in [-0.05, 0) is 29.4 Å². The van der Waals surface area contributed by atoms with Crippen LogP contribution in [0, 0.1) is 5.92 Å². The Balaban J connectivity index is 2.01. The van der Waals surface area contributed by atoms with E-state index in [1.807, 2.05) is 16.9 Å². The van der Waals surface area contributed by atoms with Gasteiger partial charge in [0.2, 0.25) is 15.9 Å². The molecule has 0 radical (unpaired) electrons. The molecule has 0 heterocycles. The summed E-state index contributed by atoms with van der Waals surface area (Å²) >= 11 is 0. The van der Waals surface area contributed by atoms with Crippen LogP contribution in [0.5, 0.6) is 0 Å². The van der Waals surface area contributed by atoms with Gasteiger partial charge < -0.3 is 0 Å².